The highest BCUT2D eigenvalue weighted by Crippen LogP contribution is 2.45. The maximum absolute atomic E-state index is 14.9. The second-order valence-corrected chi connectivity index (χ2v) is 11.8. The molecule has 2 unspecified atom stereocenters. The first-order chi connectivity index (χ1) is 20.8. The summed E-state index contributed by atoms with van der Waals surface area (Å²) in [6.45, 7) is 3.66. The van der Waals surface area contributed by atoms with Crippen molar-refractivity contribution in [3.05, 3.63) is 94.0 Å². The molecule has 222 valence electrons. The summed E-state index contributed by atoms with van der Waals surface area (Å²) in [4.78, 5) is 16.5. The Balaban J connectivity index is 1.13. The first-order valence-electron chi connectivity index (χ1n) is 14.3. The summed E-state index contributed by atoms with van der Waals surface area (Å²) >= 11 is 5.98. The van der Waals surface area contributed by atoms with E-state index in [1.165, 1.54) is 6.07 Å². The van der Waals surface area contributed by atoms with Gasteiger partial charge in [-0.3, -0.25) is 0 Å². The van der Waals surface area contributed by atoms with E-state index >= 15 is 0 Å². The number of hydrogen-bond acceptors (Lipinski definition) is 6. The van der Waals surface area contributed by atoms with E-state index in [9.17, 15) is 14.3 Å². The topological polar surface area (TPSA) is 92.0 Å². The van der Waals surface area contributed by atoms with Gasteiger partial charge in [0, 0.05) is 29.2 Å². The van der Waals surface area contributed by atoms with Gasteiger partial charge < -0.3 is 28.6 Å². The van der Waals surface area contributed by atoms with Crippen LogP contribution in [-0.2, 0) is 28.0 Å². The Bertz CT molecular complexity index is 1770. The number of fused-ring (bicyclic) bond motifs is 2. The molecule has 3 aliphatic heterocycles. The minimum Gasteiger partial charge on any atom is -0.485 e. The monoisotopic (exact) mass is 604 g/mol. The van der Waals surface area contributed by atoms with Gasteiger partial charge in [0.05, 0.1) is 42.0 Å². The van der Waals surface area contributed by atoms with Crippen LogP contribution < -0.4 is 9.47 Å². The Kier molecular flexibility index (Phi) is 7.12. The highest BCUT2D eigenvalue weighted by Gasteiger charge is 2.39. The molecule has 0 aliphatic carbocycles. The van der Waals surface area contributed by atoms with Crippen LogP contribution in [0, 0.1) is 5.82 Å². The molecule has 8 nitrogen and oxygen atoms in total. The van der Waals surface area contributed by atoms with E-state index in [0.717, 1.165) is 41.0 Å². The fourth-order valence-electron chi connectivity index (χ4n) is 5.95. The molecule has 3 atom stereocenters. The van der Waals surface area contributed by atoms with Crippen molar-refractivity contribution in [1.82, 2.24) is 9.55 Å². The normalized spacial score (nSPS) is 23.1. The van der Waals surface area contributed by atoms with E-state index in [1.54, 1.807) is 37.3 Å². The largest absolute Gasteiger partial charge is 0.485 e. The van der Waals surface area contributed by atoms with Crippen LogP contribution in [0.2, 0.25) is 5.02 Å². The molecule has 1 saturated heterocycles. The van der Waals surface area contributed by atoms with Gasteiger partial charge in [-0.2, -0.15) is 0 Å². The van der Waals surface area contributed by atoms with Crippen molar-refractivity contribution in [3.8, 4) is 11.5 Å². The lowest BCUT2D eigenvalue weighted by molar-refractivity contribution is -0.0592. The zero-order valence-electron chi connectivity index (χ0n) is 23.5. The average Bonchev–Trinajstić information content (AvgIpc) is 3.30. The van der Waals surface area contributed by atoms with Crippen LogP contribution in [0.15, 0.2) is 60.7 Å². The molecule has 0 saturated carbocycles. The van der Waals surface area contributed by atoms with Crippen molar-refractivity contribution in [2.45, 2.75) is 50.5 Å². The number of aromatic carboxylic acids is 1. The molecule has 0 amide bonds. The van der Waals surface area contributed by atoms with Crippen molar-refractivity contribution in [2.75, 3.05) is 19.8 Å². The summed E-state index contributed by atoms with van der Waals surface area (Å²) in [7, 11) is 0. The number of benzene rings is 3. The van der Waals surface area contributed by atoms with Crippen LogP contribution in [0.3, 0.4) is 0 Å². The lowest BCUT2D eigenvalue weighted by atomic mass is 9.93. The van der Waals surface area contributed by atoms with Crippen LogP contribution >= 0.6 is 11.6 Å². The molecular formula is C33H30ClFN2O6. The maximum Gasteiger partial charge on any atom is 0.335 e. The van der Waals surface area contributed by atoms with Crippen LogP contribution in [0.4, 0.5) is 4.39 Å². The molecule has 0 spiro atoms. The number of ether oxygens (including phenoxy) is 4. The summed E-state index contributed by atoms with van der Waals surface area (Å²) in [6.07, 6.45) is 4.28. The van der Waals surface area contributed by atoms with Crippen LogP contribution in [0.25, 0.3) is 16.6 Å². The van der Waals surface area contributed by atoms with E-state index < -0.39 is 17.4 Å². The molecule has 0 bridgehead atoms. The smallest absolute Gasteiger partial charge is 0.335 e. The Morgan fingerprint density at radius 3 is 2.74 bits per heavy atom. The summed E-state index contributed by atoms with van der Waals surface area (Å²) in [6, 6.07) is 15.3. The number of carbonyl (C=O) groups is 1. The zero-order valence-corrected chi connectivity index (χ0v) is 24.3. The quantitative estimate of drug-likeness (QED) is 0.260. The highest BCUT2D eigenvalue weighted by molar-refractivity contribution is 6.30. The summed E-state index contributed by atoms with van der Waals surface area (Å²) in [5.41, 5.74) is 2.89. The van der Waals surface area contributed by atoms with Gasteiger partial charge in [0.15, 0.2) is 17.1 Å². The maximum atomic E-state index is 14.9. The third-order valence-corrected chi connectivity index (χ3v) is 8.66. The summed E-state index contributed by atoms with van der Waals surface area (Å²) in [5, 5.41) is 9.84. The standard InChI is InChI=1S/C33H30ClFN2O6/c1-33(25-9-7-21(34)14-26(25)35)18-42-29-4-2-3-24(31(29)43-33)20-5-8-22(41-17-20)15-30-36-27-10-6-19(32(38)39)13-28(27)37(30)16-23-11-12-40-23/h2-7,9-10,13-14,22-23H,8,11-12,15-18H2,1H3,(H,38,39)/t22?,23-,33?/m0/s1. The molecule has 1 fully saturated rings. The molecule has 3 aliphatic rings. The van der Waals surface area contributed by atoms with Crippen LogP contribution in [0.5, 0.6) is 11.5 Å². The second kappa shape index (κ2) is 11.0. The molecule has 4 aromatic rings. The molecule has 4 heterocycles. The molecule has 10 heteroatoms. The predicted molar refractivity (Wildman–Crippen MR) is 158 cm³/mol. The van der Waals surface area contributed by atoms with Gasteiger partial charge in [0.2, 0.25) is 0 Å². The van der Waals surface area contributed by atoms with Gasteiger partial charge >= 0.3 is 5.97 Å². The lowest BCUT2D eigenvalue weighted by Gasteiger charge is -2.37. The van der Waals surface area contributed by atoms with Gasteiger partial charge in [-0.05, 0) is 61.7 Å². The number of carboxylic acids is 1. The fourth-order valence-corrected chi connectivity index (χ4v) is 6.11. The first-order valence-corrected chi connectivity index (χ1v) is 14.7. The Hall–Kier alpha value is -3.92. The number of nitrogens with zero attached hydrogens (tertiary/aromatic N) is 2. The summed E-state index contributed by atoms with van der Waals surface area (Å²) in [5.74, 6) is 0.567. The predicted octanol–water partition coefficient (Wildman–Crippen LogP) is 6.42. The van der Waals surface area contributed by atoms with Crippen molar-refractivity contribution in [2.24, 2.45) is 0 Å². The van der Waals surface area contributed by atoms with E-state index in [0.29, 0.717) is 48.1 Å². The van der Waals surface area contributed by atoms with E-state index in [-0.39, 0.29) is 24.4 Å². The van der Waals surface area contributed by atoms with Crippen LogP contribution in [-0.4, -0.2) is 52.7 Å². The number of rotatable bonds is 7. The van der Waals surface area contributed by atoms with Crippen molar-refractivity contribution >= 4 is 34.2 Å². The van der Waals surface area contributed by atoms with Crippen LogP contribution in [0.1, 0.15) is 47.1 Å². The SMILES string of the molecule is CC1(c2ccc(Cl)cc2F)COc2cccc(C3=CCC(Cc4nc5ccc(C(=O)O)cc5n4C[C@@H]4CCO4)OC3)c2O1. The minimum atomic E-state index is -1.04. The number of aromatic nitrogens is 2. The fraction of sp³-hybridized carbons (Fsp3) is 0.333. The lowest BCUT2D eigenvalue weighted by Crippen LogP contribution is -2.40. The van der Waals surface area contributed by atoms with Crippen molar-refractivity contribution in [3.63, 3.8) is 0 Å². The van der Waals surface area contributed by atoms with Gasteiger partial charge in [-0.15, -0.1) is 0 Å². The first kappa shape index (κ1) is 27.9. The second-order valence-electron chi connectivity index (χ2n) is 11.4. The van der Waals surface area contributed by atoms with Gasteiger partial charge in [-0.25, -0.2) is 14.2 Å². The Morgan fingerprint density at radius 1 is 1.16 bits per heavy atom. The number of halogens is 2. The van der Waals surface area contributed by atoms with E-state index in [2.05, 4.69) is 10.6 Å². The van der Waals surface area contributed by atoms with E-state index in [4.69, 9.17) is 35.5 Å². The molecular weight excluding hydrogens is 575 g/mol. The zero-order chi connectivity index (χ0) is 29.7. The number of carboxylic acid groups (broad SMARTS) is 1. The van der Waals surface area contributed by atoms with Gasteiger partial charge in [0.1, 0.15) is 18.2 Å². The number of imidazole rings is 1. The van der Waals surface area contributed by atoms with E-state index in [1.807, 2.05) is 18.2 Å². The minimum absolute atomic E-state index is 0.0851. The van der Waals surface area contributed by atoms with Gasteiger partial charge in [-0.1, -0.05) is 35.9 Å². The third-order valence-electron chi connectivity index (χ3n) is 8.42. The molecule has 0 radical (unpaired) electrons. The Labute approximate surface area is 252 Å². The Morgan fingerprint density at radius 2 is 2.02 bits per heavy atom. The highest BCUT2D eigenvalue weighted by atomic mass is 35.5. The average molecular weight is 605 g/mol. The molecule has 43 heavy (non-hydrogen) atoms. The van der Waals surface area contributed by atoms with Crippen molar-refractivity contribution < 1.29 is 33.2 Å². The summed E-state index contributed by atoms with van der Waals surface area (Å²) < 4.78 is 41.6. The van der Waals surface area contributed by atoms with Gasteiger partial charge in [0.25, 0.3) is 0 Å². The molecule has 1 aromatic heterocycles. The van der Waals surface area contributed by atoms with Crippen molar-refractivity contribution in [1.29, 1.82) is 0 Å². The molecule has 1 N–H and O–H groups in total. The third kappa shape index (κ3) is 5.26. The number of para-hydroxylation sites is 1. The number of hydrogen-bond donors (Lipinski definition) is 1. The molecule has 3 aromatic carbocycles. The molecule has 7 rings (SSSR count).